The van der Waals surface area contributed by atoms with E-state index < -0.39 is 5.60 Å². The van der Waals surface area contributed by atoms with Gasteiger partial charge in [-0.2, -0.15) is 0 Å². The summed E-state index contributed by atoms with van der Waals surface area (Å²) in [5.74, 6) is 3.29. The van der Waals surface area contributed by atoms with Crippen molar-refractivity contribution in [1.29, 1.82) is 0 Å². The fourth-order valence-electron chi connectivity index (χ4n) is 4.41. The first kappa shape index (κ1) is 12.0. The van der Waals surface area contributed by atoms with Gasteiger partial charge in [0.05, 0.1) is 0 Å². The van der Waals surface area contributed by atoms with Crippen molar-refractivity contribution in [2.45, 2.75) is 64.9 Å². The molecule has 0 saturated heterocycles. The predicted octanol–water partition coefficient (Wildman–Crippen LogP) is 3.37. The third kappa shape index (κ3) is 1.43. The highest BCUT2D eigenvalue weighted by molar-refractivity contribution is 5.20. The molecule has 16 heavy (non-hydrogen) atoms. The fraction of sp³-hybridized carbons (Fsp3) is 0.867. The third-order valence-corrected chi connectivity index (χ3v) is 5.44. The van der Waals surface area contributed by atoms with Gasteiger partial charge < -0.3 is 5.11 Å². The minimum absolute atomic E-state index is 0.0677. The molecular weight excluding hydrogens is 196 g/mol. The summed E-state index contributed by atoms with van der Waals surface area (Å²) in [6.07, 6.45) is 12.3. The molecule has 2 fully saturated rings. The second-order valence-electron chi connectivity index (χ2n) is 6.71. The molecule has 3 atom stereocenters. The topological polar surface area (TPSA) is 20.2 Å². The van der Waals surface area contributed by atoms with Crippen LogP contribution in [0.2, 0.25) is 0 Å². The van der Waals surface area contributed by atoms with E-state index in [4.69, 9.17) is 6.42 Å². The number of hydrogen-bond donors (Lipinski definition) is 1. The van der Waals surface area contributed by atoms with Crippen LogP contribution in [-0.4, -0.2) is 10.7 Å². The van der Waals surface area contributed by atoms with Crippen LogP contribution in [0.5, 0.6) is 0 Å². The number of fused-ring (bicyclic) bond motifs is 1. The summed E-state index contributed by atoms with van der Waals surface area (Å²) in [4.78, 5) is 0. The van der Waals surface area contributed by atoms with E-state index in [2.05, 4.69) is 26.7 Å². The smallest absolute Gasteiger partial charge is 0.130 e. The Kier molecular flexibility index (Phi) is 2.63. The van der Waals surface area contributed by atoms with Gasteiger partial charge in [0.25, 0.3) is 0 Å². The van der Waals surface area contributed by atoms with Crippen LogP contribution in [-0.2, 0) is 0 Å². The molecule has 1 nitrogen and oxygen atoms in total. The van der Waals surface area contributed by atoms with Crippen LogP contribution in [0.1, 0.15) is 59.3 Å². The molecule has 1 N–H and O–H groups in total. The van der Waals surface area contributed by atoms with Gasteiger partial charge in [0, 0.05) is 5.41 Å². The highest BCUT2D eigenvalue weighted by Crippen LogP contribution is 2.60. The van der Waals surface area contributed by atoms with Gasteiger partial charge in [-0.25, -0.2) is 0 Å². The van der Waals surface area contributed by atoms with Gasteiger partial charge in [0.1, 0.15) is 5.60 Å². The molecule has 1 unspecified atom stereocenters. The monoisotopic (exact) mass is 220 g/mol. The Balaban J connectivity index is 2.42. The first-order chi connectivity index (χ1) is 7.36. The Morgan fingerprint density at radius 1 is 1.12 bits per heavy atom. The average Bonchev–Trinajstić information content (AvgIpc) is 2.20. The fourth-order valence-corrected chi connectivity index (χ4v) is 4.41. The summed E-state index contributed by atoms with van der Waals surface area (Å²) in [7, 11) is 0. The molecule has 2 rings (SSSR count). The number of rotatable bonds is 0. The second-order valence-corrected chi connectivity index (χ2v) is 6.71. The van der Waals surface area contributed by atoms with Crippen LogP contribution in [0.15, 0.2) is 0 Å². The van der Waals surface area contributed by atoms with Crippen LogP contribution < -0.4 is 0 Å². The van der Waals surface area contributed by atoms with Gasteiger partial charge in [0.2, 0.25) is 0 Å². The van der Waals surface area contributed by atoms with Crippen LogP contribution >= 0.6 is 0 Å². The summed E-state index contributed by atoms with van der Waals surface area (Å²) in [6.45, 7) is 6.91. The molecule has 0 aromatic rings. The largest absolute Gasteiger partial charge is 0.377 e. The maximum atomic E-state index is 10.7. The zero-order valence-corrected chi connectivity index (χ0v) is 10.8. The Bertz CT molecular complexity index is 325. The normalized spacial score (nSPS) is 46.8. The van der Waals surface area contributed by atoms with Crippen molar-refractivity contribution in [3.63, 3.8) is 0 Å². The molecule has 0 aromatic carbocycles. The number of hydrogen-bond acceptors (Lipinski definition) is 1. The lowest BCUT2D eigenvalue weighted by molar-refractivity contribution is -0.151. The van der Waals surface area contributed by atoms with Gasteiger partial charge in [-0.3, -0.25) is 0 Å². The molecule has 2 saturated carbocycles. The molecule has 0 spiro atoms. The zero-order valence-electron chi connectivity index (χ0n) is 10.8. The zero-order chi connectivity index (χ0) is 12.0. The summed E-state index contributed by atoms with van der Waals surface area (Å²) in [5.41, 5.74) is -0.604. The third-order valence-electron chi connectivity index (χ3n) is 5.44. The van der Waals surface area contributed by atoms with Crippen LogP contribution in [0.3, 0.4) is 0 Å². The lowest BCUT2D eigenvalue weighted by Gasteiger charge is -2.59. The van der Waals surface area contributed by atoms with Crippen molar-refractivity contribution in [2.24, 2.45) is 16.7 Å². The second kappa shape index (κ2) is 3.50. The maximum Gasteiger partial charge on any atom is 0.130 e. The van der Waals surface area contributed by atoms with Gasteiger partial charge >= 0.3 is 0 Å². The summed E-state index contributed by atoms with van der Waals surface area (Å²) >= 11 is 0. The Morgan fingerprint density at radius 3 is 2.44 bits per heavy atom. The van der Waals surface area contributed by atoms with E-state index in [1.54, 1.807) is 0 Å². The van der Waals surface area contributed by atoms with E-state index in [0.717, 1.165) is 19.3 Å². The van der Waals surface area contributed by atoms with E-state index in [-0.39, 0.29) is 5.41 Å². The van der Waals surface area contributed by atoms with E-state index in [0.29, 0.717) is 11.3 Å². The molecule has 0 radical (unpaired) electrons. The molecule has 2 aliphatic rings. The highest BCUT2D eigenvalue weighted by Gasteiger charge is 2.58. The van der Waals surface area contributed by atoms with Crippen molar-refractivity contribution in [3.05, 3.63) is 0 Å². The molecule has 1 heteroatoms. The number of terminal acetylenes is 1. The van der Waals surface area contributed by atoms with Crippen molar-refractivity contribution in [2.75, 3.05) is 0 Å². The van der Waals surface area contributed by atoms with Crippen molar-refractivity contribution < 1.29 is 5.11 Å². The Labute approximate surface area is 99.6 Å². The summed E-state index contributed by atoms with van der Waals surface area (Å²) < 4.78 is 0. The minimum Gasteiger partial charge on any atom is -0.377 e. The van der Waals surface area contributed by atoms with E-state index >= 15 is 0 Å². The van der Waals surface area contributed by atoms with E-state index in [9.17, 15) is 5.11 Å². The highest BCUT2D eigenvalue weighted by atomic mass is 16.3. The number of aliphatic hydroxyl groups is 1. The predicted molar refractivity (Wildman–Crippen MR) is 66.9 cm³/mol. The molecule has 0 aliphatic heterocycles. The molecule has 0 heterocycles. The molecular formula is C15H24O. The van der Waals surface area contributed by atoms with Crippen molar-refractivity contribution in [1.82, 2.24) is 0 Å². The van der Waals surface area contributed by atoms with Crippen molar-refractivity contribution >= 4 is 0 Å². The Hall–Kier alpha value is -0.480. The van der Waals surface area contributed by atoms with Gasteiger partial charge in [-0.05, 0) is 43.4 Å². The van der Waals surface area contributed by atoms with Crippen molar-refractivity contribution in [3.8, 4) is 12.3 Å². The first-order valence-electron chi connectivity index (χ1n) is 6.56. The maximum absolute atomic E-state index is 10.7. The average molecular weight is 220 g/mol. The summed E-state index contributed by atoms with van der Waals surface area (Å²) in [6, 6.07) is 0. The van der Waals surface area contributed by atoms with E-state index in [1.807, 2.05) is 0 Å². The van der Waals surface area contributed by atoms with Gasteiger partial charge in [-0.1, -0.05) is 33.1 Å². The van der Waals surface area contributed by atoms with Crippen LogP contribution in [0.4, 0.5) is 0 Å². The van der Waals surface area contributed by atoms with Gasteiger partial charge in [-0.15, -0.1) is 6.42 Å². The van der Waals surface area contributed by atoms with Crippen LogP contribution in [0, 0.1) is 29.1 Å². The van der Waals surface area contributed by atoms with E-state index in [1.165, 1.54) is 19.3 Å². The molecule has 0 aromatic heterocycles. The summed E-state index contributed by atoms with van der Waals surface area (Å²) in [5, 5.41) is 10.7. The standard InChI is InChI=1S/C15H24O/c1-5-15(16)11-6-8-12-13(2,3)9-7-10-14(12,15)4/h1,12,16H,6-11H2,2-4H3/t12-,14-,15?/m0/s1. The first-order valence-corrected chi connectivity index (χ1v) is 6.56. The quantitative estimate of drug-likeness (QED) is 0.621. The Morgan fingerprint density at radius 2 is 1.81 bits per heavy atom. The lowest BCUT2D eigenvalue weighted by Crippen LogP contribution is -2.58. The minimum atomic E-state index is -0.867. The SMILES string of the molecule is C#CC1(O)CCC[C@H]2C(C)(C)CCC[C@@]21C. The van der Waals surface area contributed by atoms with Crippen LogP contribution in [0.25, 0.3) is 0 Å². The molecule has 2 aliphatic carbocycles. The van der Waals surface area contributed by atoms with Gasteiger partial charge in [0.15, 0.2) is 0 Å². The molecule has 0 bridgehead atoms. The molecule has 0 amide bonds. The molecule has 90 valence electrons. The lowest BCUT2D eigenvalue weighted by atomic mass is 9.47.